The fourth-order valence-electron chi connectivity index (χ4n) is 3.01. The number of aryl methyl sites for hydroxylation is 1. The Bertz CT molecular complexity index is 1220. The van der Waals surface area contributed by atoms with Crippen LogP contribution in [0.2, 0.25) is 5.02 Å². The average molecular weight is 504 g/mol. The van der Waals surface area contributed by atoms with Crippen LogP contribution in [0.25, 0.3) is 0 Å². The van der Waals surface area contributed by atoms with Gasteiger partial charge in [0.25, 0.3) is 5.69 Å². The van der Waals surface area contributed by atoms with E-state index in [1.807, 2.05) is 20.8 Å². The number of nitrogens with zero attached hydrogens (tertiary/aromatic N) is 3. The van der Waals surface area contributed by atoms with Gasteiger partial charge in [0.2, 0.25) is 11.5 Å². The zero-order valence-electron chi connectivity index (χ0n) is 19.8. The van der Waals surface area contributed by atoms with E-state index < -0.39 is 22.0 Å². The van der Waals surface area contributed by atoms with Gasteiger partial charge in [-0.25, -0.2) is 9.48 Å². The van der Waals surface area contributed by atoms with Crippen LogP contribution >= 0.6 is 23.4 Å². The maximum Gasteiger partial charge on any atom is 0.356 e. The molecule has 1 heterocycles. The van der Waals surface area contributed by atoms with Gasteiger partial charge in [-0.2, -0.15) is 5.10 Å². The third-order valence-electron chi connectivity index (χ3n) is 4.74. The van der Waals surface area contributed by atoms with Crippen molar-refractivity contribution < 1.29 is 19.2 Å². The molecule has 10 heteroatoms. The highest BCUT2D eigenvalue weighted by molar-refractivity contribution is 7.99. The second-order valence-corrected chi connectivity index (χ2v) is 10.6. The maximum absolute atomic E-state index is 13.2. The number of nitro groups is 1. The molecule has 1 aromatic heterocycles. The van der Waals surface area contributed by atoms with Gasteiger partial charge < -0.3 is 9.47 Å². The van der Waals surface area contributed by atoms with E-state index in [0.717, 1.165) is 11.8 Å². The van der Waals surface area contributed by atoms with Gasteiger partial charge in [-0.3, -0.25) is 10.1 Å². The average Bonchev–Trinajstić information content (AvgIpc) is 3.05. The highest BCUT2D eigenvalue weighted by Gasteiger charge is 2.36. The first kappa shape index (κ1) is 25.6. The number of hydrogen-bond donors (Lipinski definition) is 0. The molecular weight excluding hydrogens is 478 g/mol. The molecule has 0 aliphatic heterocycles. The fourth-order valence-corrected chi connectivity index (χ4v) is 4.15. The van der Waals surface area contributed by atoms with Crippen molar-refractivity contribution in [2.75, 3.05) is 0 Å². The number of hydrogen-bond acceptors (Lipinski definition) is 7. The molecule has 0 radical (unpaired) electrons. The normalized spacial score (nSPS) is 11.9. The van der Waals surface area contributed by atoms with Crippen molar-refractivity contribution >= 4 is 35.0 Å². The van der Waals surface area contributed by atoms with Gasteiger partial charge in [0.15, 0.2) is 0 Å². The van der Waals surface area contributed by atoms with Crippen molar-refractivity contribution in [2.24, 2.45) is 0 Å². The summed E-state index contributed by atoms with van der Waals surface area (Å²) in [6.07, 6.45) is 0. The molecule has 0 saturated heterocycles. The van der Waals surface area contributed by atoms with E-state index in [-0.39, 0.29) is 11.6 Å². The lowest BCUT2D eigenvalue weighted by Crippen LogP contribution is -2.42. The maximum atomic E-state index is 13.2. The minimum atomic E-state index is -1.34. The minimum Gasteiger partial charge on any atom is -0.476 e. The Balaban J connectivity index is 1.98. The van der Waals surface area contributed by atoms with Gasteiger partial charge in [0, 0.05) is 11.1 Å². The minimum absolute atomic E-state index is 0.0425. The molecule has 0 fully saturated rings. The van der Waals surface area contributed by atoms with Crippen LogP contribution in [0.3, 0.4) is 0 Å². The topological polar surface area (TPSA) is 96.5 Å². The Morgan fingerprint density at radius 1 is 1.09 bits per heavy atom. The third kappa shape index (κ3) is 5.71. The van der Waals surface area contributed by atoms with Crippen molar-refractivity contribution in [1.29, 1.82) is 0 Å². The molecular formula is C24H26ClN3O5S. The number of rotatable bonds is 7. The molecule has 3 rings (SSSR count). The molecule has 0 N–H and O–H groups in total. The van der Waals surface area contributed by atoms with Crippen molar-refractivity contribution in [3.63, 3.8) is 0 Å². The van der Waals surface area contributed by atoms with Gasteiger partial charge >= 0.3 is 5.97 Å². The Labute approximate surface area is 207 Å². The molecule has 0 aliphatic rings. The third-order valence-corrected chi connectivity index (χ3v) is 6.23. The second kappa shape index (κ2) is 9.68. The summed E-state index contributed by atoms with van der Waals surface area (Å²) in [6, 6.07) is 13.1. The summed E-state index contributed by atoms with van der Waals surface area (Å²) < 4.78 is 13.4. The SMILES string of the molecule is Cc1nn(C(C)(C)C)c(OC(=O)C(C)(C)Oc2ccc(Cl)cc2)c1Sc1ccccc1[N+](=O)[O-]. The van der Waals surface area contributed by atoms with E-state index in [0.29, 0.717) is 26.3 Å². The molecule has 2 aromatic carbocycles. The standard InChI is InChI=1S/C24H26ClN3O5S/c1-15-20(34-19-10-8-7-9-18(19)28(30)31)21(27(26-15)23(2,3)4)32-22(29)24(5,6)33-17-13-11-16(25)12-14-17/h7-14H,1-6H3. The number of carbonyl (C=O) groups excluding carboxylic acids is 1. The van der Waals surface area contributed by atoms with Crippen LogP contribution in [-0.4, -0.2) is 26.3 Å². The van der Waals surface area contributed by atoms with E-state index in [4.69, 9.17) is 21.1 Å². The fraction of sp³-hybridized carbons (Fsp3) is 0.333. The molecule has 0 spiro atoms. The van der Waals surface area contributed by atoms with E-state index in [2.05, 4.69) is 5.10 Å². The quantitative estimate of drug-likeness (QED) is 0.208. The molecule has 0 unspecified atom stereocenters. The Morgan fingerprint density at radius 2 is 1.71 bits per heavy atom. The van der Waals surface area contributed by atoms with Crippen LogP contribution in [-0.2, 0) is 10.3 Å². The molecule has 0 aliphatic carbocycles. The summed E-state index contributed by atoms with van der Waals surface area (Å²) in [5.41, 5.74) is -1.32. The van der Waals surface area contributed by atoms with Gasteiger partial charge in [0.05, 0.1) is 25.9 Å². The van der Waals surface area contributed by atoms with Crippen LogP contribution in [0.15, 0.2) is 58.3 Å². The zero-order valence-corrected chi connectivity index (χ0v) is 21.4. The van der Waals surface area contributed by atoms with Gasteiger partial charge in [0.1, 0.15) is 5.75 Å². The molecule has 0 bridgehead atoms. The molecule has 0 atom stereocenters. The smallest absolute Gasteiger partial charge is 0.356 e. The van der Waals surface area contributed by atoms with E-state index in [1.165, 1.54) is 6.07 Å². The predicted molar refractivity (Wildman–Crippen MR) is 131 cm³/mol. The lowest BCUT2D eigenvalue weighted by Gasteiger charge is -2.26. The summed E-state index contributed by atoms with van der Waals surface area (Å²) in [7, 11) is 0. The van der Waals surface area contributed by atoms with Crippen LogP contribution in [0.1, 0.15) is 40.3 Å². The van der Waals surface area contributed by atoms with Crippen LogP contribution in [0, 0.1) is 17.0 Å². The number of para-hydroxylation sites is 1. The first-order valence-corrected chi connectivity index (χ1v) is 11.7. The molecule has 3 aromatic rings. The zero-order chi connectivity index (χ0) is 25.3. The summed E-state index contributed by atoms with van der Waals surface area (Å²) in [6.45, 7) is 10.7. The van der Waals surface area contributed by atoms with Crippen molar-refractivity contribution in [3.8, 4) is 11.6 Å². The Hall–Kier alpha value is -3.04. The lowest BCUT2D eigenvalue weighted by atomic mass is 10.1. The number of halogens is 1. The highest BCUT2D eigenvalue weighted by atomic mass is 35.5. The number of esters is 1. The van der Waals surface area contributed by atoms with E-state index in [9.17, 15) is 14.9 Å². The largest absolute Gasteiger partial charge is 0.476 e. The number of benzene rings is 2. The molecule has 8 nitrogen and oxygen atoms in total. The number of carbonyl (C=O) groups is 1. The number of nitro benzene ring substituents is 1. The molecule has 0 amide bonds. The molecule has 0 saturated carbocycles. The summed E-state index contributed by atoms with van der Waals surface area (Å²) in [5, 5.41) is 16.6. The summed E-state index contributed by atoms with van der Waals surface area (Å²) >= 11 is 7.06. The van der Waals surface area contributed by atoms with Crippen molar-refractivity contribution in [3.05, 3.63) is 69.4 Å². The van der Waals surface area contributed by atoms with Crippen molar-refractivity contribution in [1.82, 2.24) is 9.78 Å². The lowest BCUT2D eigenvalue weighted by molar-refractivity contribution is -0.387. The predicted octanol–water partition coefficient (Wildman–Crippen LogP) is 6.42. The van der Waals surface area contributed by atoms with E-state index in [1.54, 1.807) is 67.9 Å². The van der Waals surface area contributed by atoms with Gasteiger partial charge in [-0.15, -0.1) is 0 Å². The highest BCUT2D eigenvalue weighted by Crippen LogP contribution is 2.43. The summed E-state index contributed by atoms with van der Waals surface area (Å²) in [5.74, 6) is 0.0181. The van der Waals surface area contributed by atoms with Gasteiger partial charge in [-0.05, 0) is 71.9 Å². The Kier molecular flexibility index (Phi) is 7.28. The van der Waals surface area contributed by atoms with Crippen LogP contribution in [0.4, 0.5) is 5.69 Å². The Morgan fingerprint density at radius 3 is 2.29 bits per heavy atom. The number of aromatic nitrogens is 2. The van der Waals surface area contributed by atoms with Crippen molar-refractivity contribution in [2.45, 2.75) is 62.5 Å². The van der Waals surface area contributed by atoms with Crippen LogP contribution in [0.5, 0.6) is 11.6 Å². The first-order chi connectivity index (χ1) is 15.8. The summed E-state index contributed by atoms with van der Waals surface area (Å²) in [4.78, 5) is 25.2. The first-order valence-electron chi connectivity index (χ1n) is 10.5. The van der Waals surface area contributed by atoms with Gasteiger partial charge in [-0.1, -0.05) is 35.5 Å². The van der Waals surface area contributed by atoms with Crippen LogP contribution < -0.4 is 9.47 Å². The van der Waals surface area contributed by atoms with E-state index >= 15 is 0 Å². The second-order valence-electron chi connectivity index (χ2n) is 9.09. The molecule has 34 heavy (non-hydrogen) atoms. The molecule has 180 valence electrons. The monoisotopic (exact) mass is 503 g/mol. The number of ether oxygens (including phenoxy) is 2.